The van der Waals surface area contributed by atoms with Gasteiger partial charge in [0.15, 0.2) is 0 Å². The van der Waals surface area contributed by atoms with E-state index in [1.807, 2.05) is 6.07 Å². The Hall–Kier alpha value is -1.29. The van der Waals surface area contributed by atoms with E-state index in [9.17, 15) is 4.79 Å². The Morgan fingerprint density at radius 1 is 1.47 bits per heavy atom. The van der Waals surface area contributed by atoms with Crippen LogP contribution in [-0.4, -0.2) is 23.1 Å². The van der Waals surface area contributed by atoms with Crippen molar-refractivity contribution in [1.29, 1.82) is 0 Å². The molecule has 4 nitrogen and oxygen atoms in total. The van der Waals surface area contributed by atoms with Crippen LogP contribution in [-0.2, 0) is 17.9 Å². The van der Waals surface area contributed by atoms with Crippen molar-refractivity contribution >= 4 is 5.91 Å². The summed E-state index contributed by atoms with van der Waals surface area (Å²) >= 11 is 0. The maximum Gasteiger partial charge on any atom is 0.222 e. The van der Waals surface area contributed by atoms with Crippen LogP contribution in [0.25, 0.3) is 0 Å². The standard InChI is InChI=1S/C15H25N3O/c1-12(2)10-16-11-14-4-3-8-18(14)9-7-15(19)17-13-5-6-13/h3-4,8,12-13,16H,5-7,9-11H2,1-2H3,(H,17,19). The first-order chi connectivity index (χ1) is 9.15. The summed E-state index contributed by atoms with van der Waals surface area (Å²) in [7, 11) is 0. The summed E-state index contributed by atoms with van der Waals surface area (Å²) in [5, 5.41) is 6.46. The van der Waals surface area contributed by atoms with E-state index >= 15 is 0 Å². The van der Waals surface area contributed by atoms with Gasteiger partial charge in [0.25, 0.3) is 0 Å². The van der Waals surface area contributed by atoms with Crippen LogP contribution in [0.4, 0.5) is 0 Å². The van der Waals surface area contributed by atoms with Gasteiger partial charge in [-0.15, -0.1) is 0 Å². The van der Waals surface area contributed by atoms with Gasteiger partial charge in [-0.25, -0.2) is 0 Å². The molecule has 1 aromatic heterocycles. The lowest BCUT2D eigenvalue weighted by atomic mass is 10.2. The SMILES string of the molecule is CC(C)CNCc1cccn1CCC(=O)NC1CC1. The van der Waals surface area contributed by atoms with Crippen LogP contribution in [0.15, 0.2) is 18.3 Å². The van der Waals surface area contributed by atoms with Crippen molar-refractivity contribution in [1.82, 2.24) is 15.2 Å². The molecule has 2 rings (SSSR count). The molecule has 106 valence electrons. The largest absolute Gasteiger partial charge is 0.353 e. The highest BCUT2D eigenvalue weighted by atomic mass is 16.1. The molecule has 1 saturated carbocycles. The van der Waals surface area contributed by atoms with Crippen LogP contribution in [0.1, 0.15) is 38.8 Å². The Balaban J connectivity index is 1.73. The number of amides is 1. The highest BCUT2D eigenvalue weighted by Crippen LogP contribution is 2.18. The molecule has 0 bridgehead atoms. The summed E-state index contributed by atoms with van der Waals surface area (Å²) < 4.78 is 2.17. The first-order valence-electron chi connectivity index (χ1n) is 7.29. The fraction of sp³-hybridized carbons (Fsp3) is 0.667. The van der Waals surface area contributed by atoms with Gasteiger partial charge >= 0.3 is 0 Å². The molecule has 4 heteroatoms. The highest BCUT2D eigenvalue weighted by Gasteiger charge is 2.22. The van der Waals surface area contributed by atoms with Crippen molar-refractivity contribution in [2.75, 3.05) is 6.54 Å². The number of carbonyl (C=O) groups is 1. The molecular weight excluding hydrogens is 238 g/mol. The fourth-order valence-corrected chi connectivity index (χ4v) is 2.07. The number of hydrogen-bond donors (Lipinski definition) is 2. The fourth-order valence-electron chi connectivity index (χ4n) is 2.07. The van der Waals surface area contributed by atoms with Gasteiger partial charge in [-0.2, -0.15) is 0 Å². The number of rotatable bonds is 8. The Morgan fingerprint density at radius 2 is 2.26 bits per heavy atom. The minimum absolute atomic E-state index is 0.178. The number of nitrogens with one attached hydrogen (secondary N) is 2. The minimum Gasteiger partial charge on any atom is -0.353 e. The summed E-state index contributed by atoms with van der Waals surface area (Å²) in [6.45, 7) is 7.07. The van der Waals surface area contributed by atoms with Crippen LogP contribution in [0.5, 0.6) is 0 Å². The first kappa shape index (κ1) is 14.1. The summed E-state index contributed by atoms with van der Waals surface area (Å²) in [5.74, 6) is 0.838. The maximum absolute atomic E-state index is 11.7. The first-order valence-corrected chi connectivity index (χ1v) is 7.29. The molecule has 1 aromatic rings. The molecule has 2 N–H and O–H groups in total. The molecule has 0 spiro atoms. The van der Waals surface area contributed by atoms with E-state index in [1.165, 1.54) is 5.69 Å². The smallest absolute Gasteiger partial charge is 0.222 e. The summed E-state index contributed by atoms with van der Waals surface area (Å²) in [6.07, 6.45) is 4.93. The van der Waals surface area contributed by atoms with E-state index in [4.69, 9.17) is 0 Å². The van der Waals surface area contributed by atoms with Gasteiger partial charge in [-0.05, 0) is 37.4 Å². The predicted octanol–water partition coefficient (Wildman–Crippen LogP) is 1.90. The molecule has 1 fully saturated rings. The Morgan fingerprint density at radius 3 is 2.95 bits per heavy atom. The van der Waals surface area contributed by atoms with Gasteiger partial charge in [-0.1, -0.05) is 13.8 Å². The topological polar surface area (TPSA) is 46.1 Å². The zero-order valence-corrected chi connectivity index (χ0v) is 12.0. The third-order valence-electron chi connectivity index (χ3n) is 3.30. The van der Waals surface area contributed by atoms with Crippen molar-refractivity contribution in [3.8, 4) is 0 Å². The summed E-state index contributed by atoms with van der Waals surface area (Å²) in [4.78, 5) is 11.7. The van der Waals surface area contributed by atoms with Gasteiger partial charge in [0.05, 0.1) is 0 Å². The quantitative estimate of drug-likeness (QED) is 0.752. The van der Waals surface area contributed by atoms with Gasteiger partial charge in [0.1, 0.15) is 0 Å². The van der Waals surface area contributed by atoms with Crippen LogP contribution in [0.2, 0.25) is 0 Å². The summed E-state index contributed by atoms with van der Waals surface area (Å²) in [6, 6.07) is 4.63. The monoisotopic (exact) mass is 263 g/mol. The van der Waals surface area contributed by atoms with E-state index in [0.29, 0.717) is 18.4 Å². The molecule has 1 aliphatic rings. The second kappa shape index (κ2) is 6.75. The molecule has 0 aliphatic heterocycles. The van der Waals surface area contributed by atoms with Crippen molar-refractivity contribution in [2.24, 2.45) is 5.92 Å². The molecule has 1 amide bonds. The number of carbonyl (C=O) groups excluding carboxylic acids is 1. The molecule has 19 heavy (non-hydrogen) atoms. The molecule has 0 radical (unpaired) electrons. The third kappa shape index (κ3) is 5.07. The lowest BCUT2D eigenvalue weighted by Crippen LogP contribution is -2.27. The summed E-state index contributed by atoms with van der Waals surface area (Å²) in [5.41, 5.74) is 1.25. The van der Waals surface area contributed by atoms with E-state index in [0.717, 1.165) is 32.5 Å². The minimum atomic E-state index is 0.178. The van der Waals surface area contributed by atoms with Crippen molar-refractivity contribution in [3.05, 3.63) is 24.0 Å². The van der Waals surface area contributed by atoms with E-state index < -0.39 is 0 Å². The average molecular weight is 263 g/mol. The third-order valence-corrected chi connectivity index (χ3v) is 3.30. The Bertz CT molecular complexity index is 407. The molecular formula is C15H25N3O. The Kier molecular flexibility index (Phi) is 5.02. The lowest BCUT2D eigenvalue weighted by Gasteiger charge is -2.11. The maximum atomic E-state index is 11.7. The highest BCUT2D eigenvalue weighted by molar-refractivity contribution is 5.76. The molecule has 0 unspecified atom stereocenters. The second-order valence-corrected chi connectivity index (χ2v) is 5.81. The number of nitrogens with zero attached hydrogens (tertiary/aromatic N) is 1. The van der Waals surface area contributed by atoms with Gasteiger partial charge in [-0.3, -0.25) is 4.79 Å². The van der Waals surface area contributed by atoms with Crippen molar-refractivity contribution < 1.29 is 4.79 Å². The van der Waals surface area contributed by atoms with Crippen molar-refractivity contribution in [2.45, 2.75) is 52.2 Å². The van der Waals surface area contributed by atoms with Crippen LogP contribution >= 0.6 is 0 Å². The molecule has 1 heterocycles. The van der Waals surface area contributed by atoms with Crippen LogP contribution in [0, 0.1) is 5.92 Å². The number of aromatic nitrogens is 1. The van der Waals surface area contributed by atoms with E-state index in [2.05, 4.69) is 41.3 Å². The van der Waals surface area contributed by atoms with Gasteiger partial charge < -0.3 is 15.2 Å². The van der Waals surface area contributed by atoms with Crippen LogP contribution < -0.4 is 10.6 Å². The van der Waals surface area contributed by atoms with Gasteiger partial charge in [0, 0.05) is 37.4 Å². The Labute approximate surface area is 115 Å². The van der Waals surface area contributed by atoms with E-state index in [-0.39, 0.29) is 5.91 Å². The van der Waals surface area contributed by atoms with Crippen molar-refractivity contribution in [3.63, 3.8) is 0 Å². The molecule has 0 atom stereocenters. The predicted molar refractivity (Wildman–Crippen MR) is 76.8 cm³/mol. The van der Waals surface area contributed by atoms with Crippen LogP contribution in [0.3, 0.4) is 0 Å². The molecule has 0 saturated heterocycles. The van der Waals surface area contributed by atoms with E-state index in [1.54, 1.807) is 0 Å². The normalized spacial score (nSPS) is 14.9. The zero-order valence-electron chi connectivity index (χ0n) is 12.0. The lowest BCUT2D eigenvalue weighted by molar-refractivity contribution is -0.121. The number of hydrogen-bond acceptors (Lipinski definition) is 2. The second-order valence-electron chi connectivity index (χ2n) is 5.81. The zero-order chi connectivity index (χ0) is 13.7. The van der Waals surface area contributed by atoms with Gasteiger partial charge in [0.2, 0.25) is 5.91 Å². The molecule has 0 aromatic carbocycles. The molecule has 1 aliphatic carbocycles. The average Bonchev–Trinajstić information content (AvgIpc) is 3.04. The number of aryl methyl sites for hydroxylation is 1.